The molecule has 0 unspecified atom stereocenters. The molecule has 8 heterocycles. The largest absolute Gasteiger partial charge is 0.275 e. The van der Waals surface area contributed by atoms with Crippen molar-refractivity contribution in [1.82, 2.24) is 34.3 Å². The van der Waals surface area contributed by atoms with Gasteiger partial charge < -0.3 is 0 Å². The fourth-order valence-corrected chi connectivity index (χ4v) is 7.98. The summed E-state index contributed by atoms with van der Waals surface area (Å²) in [7, 11) is 0. The third-order valence-electron chi connectivity index (χ3n) is 10.6. The van der Waals surface area contributed by atoms with Gasteiger partial charge in [0.15, 0.2) is 0 Å². The van der Waals surface area contributed by atoms with Crippen molar-refractivity contribution in [3.63, 3.8) is 0 Å². The van der Waals surface area contributed by atoms with Crippen LogP contribution in [0.25, 0.3) is 106 Å². The summed E-state index contributed by atoms with van der Waals surface area (Å²) in [4.78, 5) is 43.3. The van der Waals surface area contributed by atoms with E-state index in [9.17, 15) is 4.79 Å². The van der Waals surface area contributed by atoms with Gasteiger partial charge in [-0.05, 0) is 113 Å². The van der Waals surface area contributed by atoms with Gasteiger partial charge in [-0.1, -0.05) is 66.7 Å². The zero-order valence-corrected chi connectivity index (χ0v) is 30.3. The summed E-state index contributed by atoms with van der Waals surface area (Å²) in [6, 6.07) is 50.1. The topological polar surface area (TPSA) is 98.8 Å². The number of nitrogens with zero attached hydrogens (tertiary/aromatic N) is 7. The molecule has 0 aliphatic rings. The van der Waals surface area contributed by atoms with Crippen molar-refractivity contribution in [3.05, 3.63) is 187 Å². The molecular formula is C49H29N7O. The summed E-state index contributed by atoms with van der Waals surface area (Å²) in [5, 5.41) is 4.52. The number of pyridine rings is 7. The molecule has 0 N–H and O–H groups in total. The Kier molecular flexibility index (Phi) is 7.46. The molecule has 0 amide bonds. The fraction of sp³-hybridized carbons (Fsp3) is 0. The molecule has 0 aliphatic carbocycles. The van der Waals surface area contributed by atoms with Gasteiger partial charge in [0.2, 0.25) is 0 Å². The van der Waals surface area contributed by atoms with Gasteiger partial charge in [0.25, 0.3) is 5.56 Å². The Morgan fingerprint density at radius 3 is 1.35 bits per heavy atom. The second-order valence-electron chi connectivity index (χ2n) is 13.9. The first-order chi connectivity index (χ1) is 28.2. The number of fused-ring (bicyclic) bond motifs is 5. The summed E-state index contributed by atoms with van der Waals surface area (Å²) >= 11 is 0. The Labute approximate surface area is 325 Å². The molecule has 11 rings (SSSR count). The highest BCUT2D eigenvalue weighted by Gasteiger charge is 2.22. The first-order valence-corrected chi connectivity index (χ1v) is 18.6. The summed E-state index contributed by atoms with van der Waals surface area (Å²) in [6.07, 6.45) is 7.10. The SMILES string of the molecule is O=c1c2ccccc2c2c(-c3cc(-c4ccccn4)nc(-c4ccccn4)c3)ccc3c4ccc(-c5cc(-c6ccccn6)nc(-c6ccccn6)c5)cc4n1c32. The third-order valence-corrected chi connectivity index (χ3v) is 10.6. The first kappa shape index (κ1) is 32.5. The smallest absolute Gasteiger partial charge is 0.263 e. The zero-order valence-electron chi connectivity index (χ0n) is 30.3. The van der Waals surface area contributed by atoms with Crippen LogP contribution in [0.2, 0.25) is 0 Å². The molecule has 57 heavy (non-hydrogen) atoms. The number of hydrogen-bond acceptors (Lipinski definition) is 7. The van der Waals surface area contributed by atoms with Gasteiger partial charge in [-0.25, -0.2) is 9.97 Å². The van der Waals surface area contributed by atoms with Crippen LogP contribution in [-0.2, 0) is 0 Å². The lowest BCUT2D eigenvalue weighted by Crippen LogP contribution is -2.13. The Morgan fingerprint density at radius 1 is 0.368 bits per heavy atom. The van der Waals surface area contributed by atoms with Crippen molar-refractivity contribution in [2.24, 2.45) is 0 Å². The van der Waals surface area contributed by atoms with Crippen molar-refractivity contribution >= 4 is 38.0 Å². The van der Waals surface area contributed by atoms with E-state index in [1.807, 2.05) is 101 Å². The molecule has 0 bridgehead atoms. The lowest BCUT2D eigenvalue weighted by atomic mass is 9.94. The molecule has 0 spiro atoms. The molecule has 0 atom stereocenters. The molecular weight excluding hydrogens is 703 g/mol. The molecule has 266 valence electrons. The first-order valence-electron chi connectivity index (χ1n) is 18.6. The molecule has 8 nitrogen and oxygen atoms in total. The third kappa shape index (κ3) is 5.42. The van der Waals surface area contributed by atoms with Gasteiger partial charge in [-0.3, -0.25) is 29.1 Å². The van der Waals surface area contributed by atoms with E-state index in [-0.39, 0.29) is 5.56 Å². The van der Waals surface area contributed by atoms with Crippen LogP contribution in [0.15, 0.2) is 181 Å². The Hall–Kier alpha value is -7.97. The Morgan fingerprint density at radius 2 is 0.842 bits per heavy atom. The van der Waals surface area contributed by atoms with Gasteiger partial charge >= 0.3 is 0 Å². The highest BCUT2D eigenvalue weighted by Crippen LogP contribution is 2.42. The lowest BCUT2D eigenvalue weighted by Gasteiger charge is -2.14. The summed E-state index contributed by atoms with van der Waals surface area (Å²) in [5.41, 5.74) is 11.4. The van der Waals surface area contributed by atoms with Crippen LogP contribution in [0, 0.1) is 0 Å². The highest BCUT2D eigenvalue weighted by molar-refractivity contribution is 6.24. The lowest BCUT2D eigenvalue weighted by molar-refractivity contribution is 1.21. The van der Waals surface area contributed by atoms with Crippen molar-refractivity contribution in [2.75, 3.05) is 0 Å². The van der Waals surface area contributed by atoms with Gasteiger partial charge in [-0.2, -0.15) is 0 Å². The minimum Gasteiger partial charge on any atom is -0.275 e. The van der Waals surface area contributed by atoms with Crippen molar-refractivity contribution < 1.29 is 0 Å². The van der Waals surface area contributed by atoms with Crippen LogP contribution >= 0.6 is 0 Å². The maximum atomic E-state index is 14.7. The molecule has 8 heteroatoms. The molecule has 0 fully saturated rings. The van der Waals surface area contributed by atoms with Crippen molar-refractivity contribution in [3.8, 4) is 67.8 Å². The minimum absolute atomic E-state index is 0.0662. The van der Waals surface area contributed by atoms with E-state index in [2.05, 4.69) is 74.5 Å². The number of rotatable bonds is 6. The van der Waals surface area contributed by atoms with Gasteiger partial charge in [0.05, 0.1) is 56.6 Å². The molecule has 0 radical (unpaired) electrons. The summed E-state index contributed by atoms with van der Waals surface area (Å²) in [5.74, 6) is 0. The molecule has 3 aromatic carbocycles. The Bertz CT molecular complexity index is 3240. The van der Waals surface area contributed by atoms with Crippen LogP contribution in [-0.4, -0.2) is 34.3 Å². The van der Waals surface area contributed by atoms with Crippen LogP contribution in [0.5, 0.6) is 0 Å². The highest BCUT2D eigenvalue weighted by atomic mass is 16.1. The van der Waals surface area contributed by atoms with E-state index in [1.165, 1.54) is 0 Å². The monoisotopic (exact) mass is 731 g/mol. The van der Waals surface area contributed by atoms with Crippen LogP contribution in [0.4, 0.5) is 0 Å². The average Bonchev–Trinajstić information content (AvgIpc) is 3.63. The number of aromatic nitrogens is 7. The van der Waals surface area contributed by atoms with E-state index >= 15 is 0 Å². The molecule has 8 aromatic heterocycles. The van der Waals surface area contributed by atoms with Gasteiger partial charge in [0.1, 0.15) is 0 Å². The average molecular weight is 732 g/mol. The van der Waals surface area contributed by atoms with Crippen LogP contribution in [0.1, 0.15) is 0 Å². The van der Waals surface area contributed by atoms with E-state index in [4.69, 9.17) is 9.97 Å². The fourth-order valence-electron chi connectivity index (χ4n) is 7.98. The van der Waals surface area contributed by atoms with Crippen molar-refractivity contribution in [1.29, 1.82) is 0 Å². The minimum atomic E-state index is -0.0662. The standard InChI is InChI=1S/C49H29N7O/c57-49-37-12-2-1-11-35(37)47-33(32-27-44(40-15-5-9-23-52-40)55-45(28-32)41-16-6-10-24-53-41)19-20-36-34-18-17-30(29-46(34)56(49)48(36)47)31-25-42(38-13-3-7-21-50-38)54-43(26-31)39-14-4-8-22-51-39/h1-29H. The van der Waals surface area contributed by atoms with Crippen LogP contribution in [0.3, 0.4) is 0 Å². The van der Waals surface area contributed by atoms with Crippen LogP contribution < -0.4 is 5.56 Å². The normalized spacial score (nSPS) is 11.6. The molecule has 0 saturated carbocycles. The summed E-state index contributed by atoms with van der Waals surface area (Å²) in [6.45, 7) is 0. The predicted octanol–water partition coefficient (Wildman–Crippen LogP) is 10.6. The Balaban J connectivity index is 1.18. The quantitative estimate of drug-likeness (QED) is 0.157. The number of hydrogen-bond donors (Lipinski definition) is 0. The predicted molar refractivity (Wildman–Crippen MR) is 227 cm³/mol. The van der Waals surface area contributed by atoms with E-state index in [0.29, 0.717) is 5.39 Å². The van der Waals surface area contributed by atoms with Crippen molar-refractivity contribution in [2.45, 2.75) is 0 Å². The molecule has 0 saturated heterocycles. The maximum absolute atomic E-state index is 14.7. The second kappa shape index (κ2) is 13.1. The molecule has 0 aliphatic heterocycles. The summed E-state index contributed by atoms with van der Waals surface area (Å²) < 4.78 is 1.90. The van der Waals surface area contributed by atoms with E-state index < -0.39 is 0 Å². The molecule has 11 aromatic rings. The van der Waals surface area contributed by atoms with Gasteiger partial charge in [-0.15, -0.1) is 0 Å². The maximum Gasteiger partial charge on any atom is 0.263 e. The van der Waals surface area contributed by atoms with E-state index in [0.717, 1.165) is 100 Å². The number of benzene rings is 3. The zero-order chi connectivity index (χ0) is 37.9. The van der Waals surface area contributed by atoms with Gasteiger partial charge in [0, 0.05) is 46.3 Å². The second-order valence-corrected chi connectivity index (χ2v) is 13.9. The van der Waals surface area contributed by atoms with E-state index in [1.54, 1.807) is 24.8 Å².